The molecule has 0 unspecified atom stereocenters. The second-order valence-corrected chi connectivity index (χ2v) is 19.6. The van der Waals surface area contributed by atoms with Crippen molar-refractivity contribution >= 4 is 33.8 Å². The molecule has 11 heteroatoms. The molecule has 2 aromatic rings. The summed E-state index contributed by atoms with van der Waals surface area (Å²) in [5, 5.41) is 3.22. The summed E-state index contributed by atoms with van der Waals surface area (Å²) in [6.07, 6.45) is 5.00. The third-order valence-corrected chi connectivity index (χ3v) is 11.2. The molecule has 57 heavy (non-hydrogen) atoms. The lowest BCUT2D eigenvalue weighted by molar-refractivity contribution is 0.0129. The molecule has 1 N–H and O–H groups in total. The molecular formula is C46H75BrN6O4. The zero-order valence-corrected chi connectivity index (χ0v) is 38.7. The molecule has 4 aliphatic heterocycles. The van der Waals surface area contributed by atoms with Crippen LogP contribution in [0.1, 0.15) is 129 Å². The smallest absolute Gasteiger partial charge is 0.410 e. The van der Waals surface area contributed by atoms with Gasteiger partial charge in [-0.3, -0.25) is 9.80 Å². The molecule has 0 aromatic heterocycles. The van der Waals surface area contributed by atoms with Gasteiger partial charge in [-0.25, -0.2) is 9.59 Å². The number of hydrogen-bond acceptors (Lipinski definition) is 8. The van der Waals surface area contributed by atoms with E-state index >= 15 is 0 Å². The molecule has 320 valence electrons. The molecule has 2 amide bonds. The molecule has 4 fully saturated rings. The molecule has 4 aliphatic rings. The number of rotatable bonds is 7. The Bertz CT molecular complexity index is 1540. The minimum Gasteiger partial charge on any atom is -0.444 e. The Morgan fingerprint density at radius 3 is 1.42 bits per heavy atom. The molecule has 0 spiro atoms. The van der Waals surface area contributed by atoms with Gasteiger partial charge >= 0.3 is 12.2 Å². The summed E-state index contributed by atoms with van der Waals surface area (Å²) in [5.74, 6) is 1.01. The van der Waals surface area contributed by atoms with Crippen molar-refractivity contribution in [2.75, 3.05) is 83.4 Å². The second-order valence-electron chi connectivity index (χ2n) is 18.7. The molecule has 0 bridgehead atoms. The van der Waals surface area contributed by atoms with Crippen LogP contribution < -0.4 is 10.2 Å². The van der Waals surface area contributed by atoms with E-state index in [2.05, 4.69) is 100 Å². The van der Waals surface area contributed by atoms with Crippen LogP contribution in [0.5, 0.6) is 0 Å². The summed E-state index contributed by atoms with van der Waals surface area (Å²) in [6.45, 7) is 33.7. The molecule has 0 radical (unpaired) electrons. The fourth-order valence-corrected chi connectivity index (χ4v) is 8.00. The number of carbonyl (C=O) groups is 2. The van der Waals surface area contributed by atoms with Gasteiger partial charge in [-0.15, -0.1) is 0 Å². The first-order valence-electron chi connectivity index (χ1n) is 21.7. The van der Waals surface area contributed by atoms with Crippen molar-refractivity contribution in [3.8, 4) is 0 Å². The zero-order valence-electron chi connectivity index (χ0n) is 37.1. The Hall–Kier alpha value is -2.86. The second kappa shape index (κ2) is 21.9. The van der Waals surface area contributed by atoms with E-state index in [1.54, 1.807) is 0 Å². The van der Waals surface area contributed by atoms with Gasteiger partial charge in [0.2, 0.25) is 0 Å². The highest BCUT2D eigenvalue weighted by molar-refractivity contribution is 9.10. The lowest BCUT2D eigenvalue weighted by Crippen LogP contribution is -2.49. The van der Waals surface area contributed by atoms with Crippen LogP contribution in [0.15, 0.2) is 40.9 Å². The molecule has 0 atom stereocenters. The first-order valence-corrected chi connectivity index (χ1v) is 22.4. The summed E-state index contributed by atoms with van der Waals surface area (Å²) < 4.78 is 12.1. The van der Waals surface area contributed by atoms with E-state index in [0.29, 0.717) is 11.8 Å². The number of benzene rings is 2. The standard InChI is InChI=1S/C23H37N3O2.C19H29BrN2O2.C4H9N/c1-18(2)21-16-20(25-10-6-7-11-25)9-8-19(21)17-24-12-14-26(15-13-24)22(27)28-23(3,4)5;1-14(2)17-12-16(20)7-6-15(17)13-21-8-10-22(11-9-21)18(23)24-19(3,4)5;1-2-4-5-3-1/h8-9,16,18H,6-7,10-15,17H2,1-5H3;6-7,12,14H,8-11,13H2,1-5H3;5H,1-4H2. The Kier molecular flexibility index (Phi) is 18.0. The number of ether oxygens (including phenoxy) is 2. The summed E-state index contributed by atoms with van der Waals surface area (Å²) >= 11 is 3.57. The number of nitrogens with one attached hydrogen (secondary N) is 1. The van der Waals surface area contributed by atoms with Gasteiger partial charge in [0.1, 0.15) is 11.2 Å². The highest BCUT2D eigenvalue weighted by Gasteiger charge is 2.28. The van der Waals surface area contributed by atoms with E-state index in [-0.39, 0.29) is 12.2 Å². The fourth-order valence-electron chi connectivity index (χ4n) is 7.62. The number of carbonyl (C=O) groups excluding carboxylic acids is 2. The molecule has 0 saturated carbocycles. The number of anilines is 1. The number of hydrogen-bond donors (Lipinski definition) is 1. The van der Waals surface area contributed by atoms with Crippen LogP contribution in [0, 0.1) is 0 Å². The van der Waals surface area contributed by atoms with Crippen LogP contribution in [0.2, 0.25) is 0 Å². The monoisotopic (exact) mass is 855 g/mol. The van der Waals surface area contributed by atoms with Crippen LogP contribution in [0.4, 0.5) is 15.3 Å². The summed E-state index contributed by atoms with van der Waals surface area (Å²) in [4.78, 5) is 35.4. The molecule has 2 aromatic carbocycles. The van der Waals surface area contributed by atoms with Crippen molar-refractivity contribution in [3.05, 3.63) is 63.1 Å². The van der Waals surface area contributed by atoms with E-state index in [9.17, 15) is 9.59 Å². The van der Waals surface area contributed by atoms with E-state index in [4.69, 9.17) is 9.47 Å². The first-order chi connectivity index (χ1) is 26.9. The van der Waals surface area contributed by atoms with Gasteiger partial charge in [-0.05, 0) is 139 Å². The van der Waals surface area contributed by atoms with E-state index in [1.807, 2.05) is 51.3 Å². The van der Waals surface area contributed by atoms with Gasteiger partial charge in [-0.1, -0.05) is 55.8 Å². The van der Waals surface area contributed by atoms with Gasteiger partial charge in [0.25, 0.3) is 0 Å². The predicted molar refractivity (Wildman–Crippen MR) is 238 cm³/mol. The van der Waals surface area contributed by atoms with Crippen LogP contribution >= 0.6 is 15.9 Å². The molecule has 10 nitrogen and oxygen atoms in total. The van der Waals surface area contributed by atoms with Crippen LogP contribution in [0.25, 0.3) is 0 Å². The van der Waals surface area contributed by atoms with Gasteiger partial charge in [0.05, 0.1) is 0 Å². The van der Waals surface area contributed by atoms with E-state index in [0.717, 1.165) is 69.9 Å². The highest BCUT2D eigenvalue weighted by atomic mass is 79.9. The highest BCUT2D eigenvalue weighted by Crippen LogP contribution is 2.29. The SMILES string of the molecule is C1CCNC1.CC(C)c1cc(Br)ccc1CN1CCN(C(=O)OC(C)(C)C)CC1.CC(C)c1cc(N2CCCC2)ccc1CN1CCN(C(=O)OC(C)(C)C)CC1. The van der Waals surface area contributed by atoms with Gasteiger partial charge in [0.15, 0.2) is 0 Å². The normalized spacial score (nSPS) is 18.3. The number of halogens is 1. The van der Waals surface area contributed by atoms with E-state index in [1.165, 1.54) is 79.8 Å². The fraction of sp³-hybridized carbons (Fsp3) is 0.696. The number of amides is 2. The Morgan fingerprint density at radius 2 is 1.04 bits per heavy atom. The maximum atomic E-state index is 12.3. The largest absolute Gasteiger partial charge is 0.444 e. The topological polar surface area (TPSA) is 80.8 Å². The van der Waals surface area contributed by atoms with Crippen molar-refractivity contribution < 1.29 is 19.1 Å². The maximum absolute atomic E-state index is 12.3. The van der Waals surface area contributed by atoms with Crippen molar-refractivity contribution in [2.45, 2.75) is 131 Å². The van der Waals surface area contributed by atoms with Gasteiger partial charge in [0, 0.05) is 88.7 Å². The van der Waals surface area contributed by atoms with Gasteiger partial charge in [-0.2, -0.15) is 0 Å². The van der Waals surface area contributed by atoms with Crippen molar-refractivity contribution in [3.63, 3.8) is 0 Å². The lowest BCUT2D eigenvalue weighted by atomic mass is 9.95. The van der Waals surface area contributed by atoms with Crippen molar-refractivity contribution in [1.82, 2.24) is 24.9 Å². The number of nitrogens with zero attached hydrogens (tertiary/aromatic N) is 5. The van der Waals surface area contributed by atoms with Crippen LogP contribution in [-0.2, 0) is 22.6 Å². The maximum Gasteiger partial charge on any atom is 0.410 e. The summed E-state index contributed by atoms with van der Waals surface area (Å²) in [7, 11) is 0. The molecular weight excluding hydrogens is 780 g/mol. The zero-order chi connectivity index (χ0) is 41.8. The quantitative estimate of drug-likeness (QED) is 0.295. The molecule has 0 aliphatic carbocycles. The van der Waals surface area contributed by atoms with Crippen LogP contribution in [-0.4, -0.2) is 122 Å². The summed E-state index contributed by atoms with van der Waals surface area (Å²) in [6, 6.07) is 13.6. The minimum atomic E-state index is -0.433. The lowest BCUT2D eigenvalue weighted by Gasteiger charge is -2.36. The first kappa shape index (κ1) is 46.8. The molecule has 4 heterocycles. The van der Waals surface area contributed by atoms with Crippen molar-refractivity contribution in [1.29, 1.82) is 0 Å². The Balaban J connectivity index is 0.000000227. The minimum absolute atomic E-state index is 0.190. The average molecular weight is 856 g/mol. The predicted octanol–water partition coefficient (Wildman–Crippen LogP) is 9.46. The van der Waals surface area contributed by atoms with E-state index < -0.39 is 11.2 Å². The number of piperazine rings is 2. The molecule has 4 saturated heterocycles. The van der Waals surface area contributed by atoms with Crippen LogP contribution in [0.3, 0.4) is 0 Å². The third-order valence-electron chi connectivity index (χ3n) is 10.7. The van der Waals surface area contributed by atoms with Gasteiger partial charge < -0.3 is 29.5 Å². The average Bonchev–Trinajstić information content (AvgIpc) is 3.91. The Morgan fingerprint density at radius 1 is 0.614 bits per heavy atom. The van der Waals surface area contributed by atoms with Crippen molar-refractivity contribution in [2.24, 2.45) is 0 Å². The molecule has 6 rings (SSSR count). The summed E-state index contributed by atoms with van der Waals surface area (Å²) in [5.41, 5.74) is 6.15. The third kappa shape index (κ3) is 16.0. The Labute approximate surface area is 354 Å².